The van der Waals surface area contributed by atoms with Crippen LogP contribution in [-0.4, -0.2) is 58.1 Å². The number of H-pyrrole nitrogens is 1. The number of alkyl halides is 3. The van der Waals surface area contributed by atoms with Crippen molar-refractivity contribution in [2.45, 2.75) is 12.2 Å². The molecule has 1 aromatic carbocycles. The van der Waals surface area contributed by atoms with E-state index < -0.39 is 12.1 Å². The highest BCUT2D eigenvalue weighted by Crippen LogP contribution is 2.29. The number of nitrogens with zero attached hydrogens (tertiary/aromatic N) is 3. The first-order chi connectivity index (χ1) is 13.8. The third kappa shape index (κ3) is 3.88. The minimum absolute atomic E-state index is 0.648. The molecule has 4 heterocycles. The lowest BCUT2D eigenvalue weighted by Crippen LogP contribution is -2.51. The van der Waals surface area contributed by atoms with Gasteiger partial charge in [-0.15, -0.1) is 10.2 Å². The summed E-state index contributed by atoms with van der Waals surface area (Å²) in [4.78, 5) is 14.5. The molecule has 0 amide bonds. The third-order valence-electron chi connectivity index (χ3n) is 5.17. The Hall–Kier alpha value is -3.14. The molecule has 10 heteroatoms. The van der Waals surface area contributed by atoms with Gasteiger partial charge < -0.3 is 20.3 Å². The Labute approximate surface area is 163 Å². The molecule has 2 fully saturated rings. The number of nitrogens with one attached hydrogen (secondary N) is 2. The normalized spacial score (nSPS) is 20.6. The van der Waals surface area contributed by atoms with Crippen molar-refractivity contribution in [3.8, 4) is 11.3 Å². The van der Waals surface area contributed by atoms with Crippen LogP contribution in [0.2, 0.25) is 0 Å². The second kappa shape index (κ2) is 7.36. The van der Waals surface area contributed by atoms with Gasteiger partial charge in [-0.2, -0.15) is 13.2 Å². The number of rotatable bonds is 2. The maximum absolute atomic E-state index is 10.6. The largest absolute Gasteiger partial charge is 0.490 e. The van der Waals surface area contributed by atoms with Crippen LogP contribution < -0.4 is 10.2 Å². The van der Waals surface area contributed by atoms with E-state index in [-0.39, 0.29) is 0 Å². The molecule has 3 aromatic rings. The van der Waals surface area contributed by atoms with E-state index in [0.29, 0.717) is 6.04 Å². The number of hydrogen-bond donors (Lipinski definition) is 3. The van der Waals surface area contributed by atoms with Gasteiger partial charge in [0.2, 0.25) is 0 Å². The smallest absolute Gasteiger partial charge is 0.475 e. The molecule has 29 heavy (non-hydrogen) atoms. The molecular formula is C19H18F3N5O2. The molecule has 0 saturated carbocycles. The van der Waals surface area contributed by atoms with Gasteiger partial charge in [-0.3, -0.25) is 0 Å². The molecule has 2 aliphatic heterocycles. The second-order valence-electron chi connectivity index (χ2n) is 7.01. The minimum Gasteiger partial charge on any atom is -0.475 e. The fourth-order valence-electron chi connectivity index (χ4n) is 3.56. The number of fused-ring (bicyclic) bond motifs is 2. The van der Waals surface area contributed by atoms with E-state index in [1.807, 2.05) is 12.3 Å². The summed E-state index contributed by atoms with van der Waals surface area (Å²) >= 11 is 0. The van der Waals surface area contributed by atoms with Gasteiger partial charge in [-0.25, -0.2) is 4.79 Å². The summed E-state index contributed by atoms with van der Waals surface area (Å²) < 4.78 is 31.7. The molecule has 0 bridgehead atoms. The lowest BCUT2D eigenvalue weighted by Gasteiger charge is -2.29. The lowest BCUT2D eigenvalue weighted by molar-refractivity contribution is -0.192. The number of carbonyl (C=O) groups is 1. The van der Waals surface area contributed by atoms with Crippen molar-refractivity contribution in [2.75, 3.05) is 24.5 Å². The predicted molar refractivity (Wildman–Crippen MR) is 101 cm³/mol. The first kappa shape index (κ1) is 19.2. The number of aromatic nitrogens is 3. The van der Waals surface area contributed by atoms with Gasteiger partial charge in [0.1, 0.15) is 0 Å². The summed E-state index contributed by atoms with van der Waals surface area (Å²) in [6.45, 7) is 3.28. The Balaban J connectivity index is 0.000000255. The molecule has 0 radical (unpaired) electrons. The molecule has 2 atom stereocenters. The van der Waals surface area contributed by atoms with Gasteiger partial charge in [-0.05, 0) is 18.2 Å². The number of benzene rings is 1. The molecule has 3 N–H and O–H groups in total. The fraction of sp³-hybridized carbons (Fsp3) is 0.316. The Morgan fingerprint density at radius 1 is 1.14 bits per heavy atom. The second-order valence-corrected chi connectivity index (χ2v) is 7.01. The average molecular weight is 405 g/mol. The summed E-state index contributed by atoms with van der Waals surface area (Å²) in [5.74, 6) is -0.984. The summed E-state index contributed by atoms with van der Waals surface area (Å²) in [5.41, 5.74) is 3.16. The molecule has 5 rings (SSSR count). The number of aliphatic carboxylic acids is 1. The van der Waals surface area contributed by atoms with Gasteiger partial charge in [0.05, 0.1) is 5.69 Å². The van der Waals surface area contributed by atoms with E-state index >= 15 is 0 Å². The summed E-state index contributed by atoms with van der Waals surface area (Å²) in [7, 11) is 0. The topological polar surface area (TPSA) is 94.1 Å². The van der Waals surface area contributed by atoms with Crippen molar-refractivity contribution < 1.29 is 23.1 Å². The van der Waals surface area contributed by atoms with Crippen LogP contribution in [-0.2, 0) is 4.79 Å². The molecule has 0 spiro atoms. The minimum atomic E-state index is -5.08. The number of aromatic amines is 1. The van der Waals surface area contributed by atoms with Crippen molar-refractivity contribution in [2.24, 2.45) is 5.92 Å². The van der Waals surface area contributed by atoms with Crippen LogP contribution in [0.25, 0.3) is 22.2 Å². The van der Waals surface area contributed by atoms with E-state index in [9.17, 15) is 13.2 Å². The zero-order valence-corrected chi connectivity index (χ0v) is 15.1. The number of anilines is 1. The first-order valence-electron chi connectivity index (χ1n) is 9.01. The van der Waals surface area contributed by atoms with Crippen LogP contribution in [0.15, 0.2) is 42.6 Å². The molecule has 152 valence electrons. The number of carboxylic acid groups (broad SMARTS) is 1. The highest BCUT2D eigenvalue weighted by Gasteiger charge is 2.39. The van der Waals surface area contributed by atoms with E-state index in [4.69, 9.17) is 9.90 Å². The van der Waals surface area contributed by atoms with Gasteiger partial charge >= 0.3 is 12.1 Å². The van der Waals surface area contributed by atoms with E-state index in [2.05, 4.69) is 55.7 Å². The van der Waals surface area contributed by atoms with Crippen molar-refractivity contribution in [1.29, 1.82) is 0 Å². The molecule has 2 saturated heterocycles. The lowest BCUT2D eigenvalue weighted by atomic mass is 9.96. The van der Waals surface area contributed by atoms with Gasteiger partial charge in [-0.1, -0.05) is 18.2 Å². The van der Waals surface area contributed by atoms with Gasteiger partial charge in [0.25, 0.3) is 0 Å². The number of halogens is 3. The van der Waals surface area contributed by atoms with Crippen molar-refractivity contribution in [3.05, 3.63) is 42.6 Å². The van der Waals surface area contributed by atoms with Crippen LogP contribution >= 0.6 is 0 Å². The maximum atomic E-state index is 10.6. The van der Waals surface area contributed by atoms with Crippen molar-refractivity contribution in [3.63, 3.8) is 0 Å². The van der Waals surface area contributed by atoms with Crippen LogP contribution in [0.1, 0.15) is 0 Å². The number of para-hydroxylation sites is 1. The summed E-state index contributed by atoms with van der Waals surface area (Å²) in [6.07, 6.45) is -3.08. The molecule has 2 aromatic heterocycles. The molecule has 2 aliphatic rings. The molecule has 0 aliphatic carbocycles. The average Bonchev–Trinajstić information content (AvgIpc) is 3.23. The van der Waals surface area contributed by atoms with Crippen LogP contribution in [0.5, 0.6) is 0 Å². The standard InChI is InChI=1S/C17H17N5.C2HF3O2/c1-2-4-14-12(3-1)13(8-19-14)15-5-6-17(21-20-15)22-9-11-7-18-16(11)10-22;3-2(4,5)1(6)7/h1-6,8,11,16,18-19H,7,9-10H2;(H,6,7)/t11-,16+;/m0./s1. The Morgan fingerprint density at radius 3 is 2.45 bits per heavy atom. The van der Waals surface area contributed by atoms with Crippen LogP contribution in [0.3, 0.4) is 0 Å². The van der Waals surface area contributed by atoms with E-state index in [0.717, 1.165) is 48.1 Å². The highest BCUT2D eigenvalue weighted by molar-refractivity contribution is 5.94. The first-order valence-corrected chi connectivity index (χ1v) is 9.01. The van der Waals surface area contributed by atoms with Gasteiger partial charge in [0, 0.05) is 54.3 Å². The fourth-order valence-corrected chi connectivity index (χ4v) is 3.56. The summed E-state index contributed by atoms with van der Waals surface area (Å²) in [5, 5.41) is 20.7. The number of carboxylic acids is 1. The van der Waals surface area contributed by atoms with Crippen LogP contribution in [0.4, 0.5) is 19.0 Å². The van der Waals surface area contributed by atoms with E-state index in [1.54, 1.807) is 0 Å². The molecule has 7 nitrogen and oxygen atoms in total. The Bertz CT molecular complexity index is 1010. The predicted octanol–water partition coefficient (Wildman–Crippen LogP) is 2.67. The maximum Gasteiger partial charge on any atom is 0.490 e. The zero-order valence-electron chi connectivity index (χ0n) is 15.1. The van der Waals surface area contributed by atoms with Crippen molar-refractivity contribution >= 4 is 22.7 Å². The van der Waals surface area contributed by atoms with Crippen LogP contribution in [0, 0.1) is 5.92 Å². The highest BCUT2D eigenvalue weighted by atomic mass is 19.4. The molecule has 0 unspecified atom stereocenters. The molecular weight excluding hydrogens is 387 g/mol. The Morgan fingerprint density at radius 2 is 1.90 bits per heavy atom. The summed E-state index contributed by atoms with van der Waals surface area (Å²) in [6, 6.07) is 13.1. The quantitative estimate of drug-likeness (QED) is 0.607. The van der Waals surface area contributed by atoms with Crippen molar-refractivity contribution in [1.82, 2.24) is 20.5 Å². The van der Waals surface area contributed by atoms with E-state index in [1.165, 1.54) is 5.39 Å². The SMILES string of the molecule is O=C(O)C(F)(F)F.c1ccc2c(-c3ccc(N4C[C@@H]5CN[C@@H]5C4)nn3)c[nH]c2c1. The zero-order chi connectivity index (χ0) is 20.6. The monoisotopic (exact) mass is 405 g/mol. The number of hydrogen-bond acceptors (Lipinski definition) is 5. The Kier molecular flexibility index (Phi) is 4.87. The third-order valence-corrected chi connectivity index (χ3v) is 5.17. The van der Waals surface area contributed by atoms with Gasteiger partial charge in [0.15, 0.2) is 5.82 Å².